The number of anilines is 2. The molecule has 0 saturated carbocycles. The number of hydrogen-bond donors (Lipinski definition) is 3. The minimum atomic E-state index is -0.703. The lowest BCUT2D eigenvalue weighted by Crippen LogP contribution is -2.27. The first-order valence-corrected chi connectivity index (χ1v) is 9.18. The molecule has 0 aliphatic rings. The van der Waals surface area contributed by atoms with Crippen LogP contribution < -0.4 is 16.0 Å². The molecule has 12 nitrogen and oxygen atoms in total. The predicted octanol–water partition coefficient (Wildman–Crippen LogP) is 2.32. The Morgan fingerprint density at radius 3 is 2.26 bits per heavy atom. The highest BCUT2D eigenvalue weighted by molar-refractivity contribution is 5.95. The fraction of sp³-hybridized carbons (Fsp3) is 0.263. The van der Waals surface area contributed by atoms with Crippen LogP contribution in [-0.4, -0.2) is 48.0 Å². The number of nitro benzene ring substituents is 2. The van der Waals surface area contributed by atoms with Crippen LogP contribution >= 0.6 is 0 Å². The molecule has 2 rings (SSSR count). The largest absolute Gasteiger partial charge is 0.378 e. The average Bonchev–Trinajstić information content (AvgIpc) is 2.72. The minimum absolute atomic E-state index is 0.148. The minimum Gasteiger partial charge on any atom is -0.378 e. The van der Waals surface area contributed by atoms with Crippen LogP contribution in [0.1, 0.15) is 17.3 Å². The lowest BCUT2D eigenvalue weighted by Gasteiger charge is -2.09. The third-order valence-electron chi connectivity index (χ3n) is 3.95. The summed E-state index contributed by atoms with van der Waals surface area (Å²) in [4.78, 5) is 43.4. The summed E-state index contributed by atoms with van der Waals surface area (Å²) in [6, 6.07) is 9.75. The van der Waals surface area contributed by atoms with E-state index in [2.05, 4.69) is 16.0 Å². The van der Waals surface area contributed by atoms with E-state index in [1.54, 1.807) is 24.3 Å². The Hall–Kier alpha value is -4.06. The van der Waals surface area contributed by atoms with Gasteiger partial charge in [-0.1, -0.05) is 0 Å². The maximum atomic E-state index is 12.1. The van der Waals surface area contributed by atoms with Crippen molar-refractivity contribution in [1.29, 1.82) is 0 Å². The summed E-state index contributed by atoms with van der Waals surface area (Å²) in [5, 5.41) is 29.9. The molecule has 3 N–H and O–H groups in total. The van der Waals surface area contributed by atoms with Crippen molar-refractivity contribution in [2.75, 3.05) is 36.9 Å². The number of amides is 2. The first kappa shape index (κ1) is 23.2. The van der Waals surface area contributed by atoms with Crippen LogP contribution in [0.25, 0.3) is 0 Å². The fourth-order valence-electron chi connectivity index (χ4n) is 2.54. The number of nitrogens with zero attached hydrogens (tertiary/aromatic N) is 2. The van der Waals surface area contributed by atoms with Gasteiger partial charge in [0.2, 0.25) is 5.91 Å². The van der Waals surface area contributed by atoms with E-state index in [-0.39, 0.29) is 49.5 Å². The third-order valence-corrected chi connectivity index (χ3v) is 3.95. The molecule has 0 radical (unpaired) electrons. The van der Waals surface area contributed by atoms with E-state index in [0.29, 0.717) is 11.3 Å². The van der Waals surface area contributed by atoms with E-state index in [4.69, 9.17) is 4.74 Å². The number of non-ortho nitro benzene ring substituents is 1. The van der Waals surface area contributed by atoms with E-state index < -0.39 is 15.5 Å². The van der Waals surface area contributed by atoms with Crippen molar-refractivity contribution in [2.24, 2.45) is 0 Å². The molecule has 0 atom stereocenters. The highest BCUT2D eigenvalue weighted by atomic mass is 16.6. The smallest absolute Gasteiger partial charge is 0.299 e. The molecule has 164 valence electrons. The monoisotopic (exact) mass is 431 g/mol. The molecule has 31 heavy (non-hydrogen) atoms. The number of rotatable bonds is 11. The molecular weight excluding hydrogens is 410 g/mol. The van der Waals surface area contributed by atoms with Gasteiger partial charge in [0.15, 0.2) is 0 Å². The Bertz CT molecular complexity index is 963. The van der Waals surface area contributed by atoms with Gasteiger partial charge in [0.1, 0.15) is 5.69 Å². The van der Waals surface area contributed by atoms with Crippen molar-refractivity contribution in [1.82, 2.24) is 5.32 Å². The van der Waals surface area contributed by atoms with Crippen LogP contribution in [0.15, 0.2) is 42.5 Å². The van der Waals surface area contributed by atoms with Crippen molar-refractivity contribution in [2.45, 2.75) is 6.92 Å². The summed E-state index contributed by atoms with van der Waals surface area (Å²) in [7, 11) is 0. The average molecular weight is 431 g/mol. The van der Waals surface area contributed by atoms with E-state index >= 15 is 0 Å². The Labute approximate surface area is 176 Å². The number of carbonyl (C=O) groups is 2. The molecule has 12 heteroatoms. The highest BCUT2D eigenvalue weighted by Crippen LogP contribution is 2.28. The van der Waals surface area contributed by atoms with Crippen molar-refractivity contribution >= 4 is 34.6 Å². The summed E-state index contributed by atoms with van der Waals surface area (Å²) in [5.41, 5.74) is 0.407. The van der Waals surface area contributed by atoms with Crippen molar-refractivity contribution in [3.05, 3.63) is 68.3 Å². The lowest BCUT2D eigenvalue weighted by molar-refractivity contribution is -0.393. The van der Waals surface area contributed by atoms with Crippen LogP contribution in [0.4, 0.5) is 22.7 Å². The zero-order valence-electron chi connectivity index (χ0n) is 16.6. The number of nitrogens with one attached hydrogen (secondary N) is 3. The molecule has 0 aliphatic heterocycles. The van der Waals surface area contributed by atoms with Crippen LogP contribution in [-0.2, 0) is 9.53 Å². The molecule has 0 aromatic heterocycles. The second-order valence-corrected chi connectivity index (χ2v) is 6.27. The first-order chi connectivity index (χ1) is 14.8. The zero-order chi connectivity index (χ0) is 22.8. The standard InChI is InChI=1S/C19H21N5O7/c1-13(25)22-15-4-2-14(3-5-15)19(26)21-9-11-31-10-8-20-17-7-6-16(23(27)28)12-18(17)24(29)30/h2-7,12,20H,8-11H2,1H3,(H,21,26)(H,22,25). The third kappa shape index (κ3) is 7.36. The molecule has 2 aromatic rings. The van der Waals surface area contributed by atoms with E-state index in [9.17, 15) is 29.8 Å². The number of ether oxygens (including phenoxy) is 1. The molecule has 0 saturated heterocycles. The second kappa shape index (κ2) is 11.2. The molecular formula is C19H21N5O7. The van der Waals surface area contributed by atoms with Gasteiger partial charge in [-0.25, -0.2) is 0 Å². The Kier molecular flexibility index (Phi) is 8.40. The van der Waals surface area contributed by atoms with Crippen LogP contribution in [0, 0.1) is 20.2 Å². The molecule has 0 fully saturated rings. The Morgan fingerprint density at radius 1 is 0.968 bits per heavy atom. The predicted molar refractivity (Wildman–Crippen MR) is 112 cm³/mol. The van der Waals surface area contributed by atoms with E-state index in [0.717, 1.165) is 6.07 Å². The van der Waals surface area contributed by atoms with Crippen molar-refractivity contribution < 1.29 is 24.2 Å². The number of nitro groups is 2. The van der Waals surface area contributed by atoms with Gasteiger partial charge in [0, 0.05) is 37.3 Å². The van der Waals surface area contributed by atoms with Crippen LogP contribution in [0.5, 0.6) is 0 Å². The summed E-state index contributed by atoms with van der Waals surface area (Å²) < 4.78 is 5.36. The number of hydrogen-bond acceptors (Lipinski definition) is 8. The quantitative estimate of drug-likeness (QED) is 0.277. The van der Waals surface area contributed by atoms with Gasteiger partial charge in [0.05, 0.1) is 29.1 Å². The van der Waals surface area contributed by atoms with Gasteiger partial charge in [-0.05, 0) is 30.3 Å². The first-order valence-electron chi connectivity index (χ1n) is 9.18. The Morgan fingerprint density at radius 2 is 1.65 bits per heavy atom. The van der Waals surface area contributed by atoms with Crippen molar-refractivity contribution in [3.63, 3.8) is 0 Å². The van der Waals surface area contributed by atoms with Gasteiger partial charge in [-0.15, -0.1) is 0 Å². The van der Waals surface area contributed by atoms with Gasteiger partial charge >= 0.3 is 0 Å². The molecule has 0 spiro atoms. The van der Waals surface area contributed by atoms with E-state index in [1.165, 1.54) is 19.1 Å². The zero-order valence-corrected chi connectivity index (χ0v) is 16.6. The van der Waals surface area contributed by atoms with Gasteiger partial charge in [-0.2, -0.15) is 0 Å². The van der Waals surface area contributed by atoms with Crippen LogP contribution in [0.2, 0.25) is 0 Å². The summed E-state index contributed by atoms with van der Waals surface area (Å²) in [6.07, 6.45) is 0. The second-order valence-electron chi connectivity index (χ2n) is 6.27. The topological polar surface area (TPSA) is 166 Å². The molecule has 0 bridgehead atoms. The maximum absolute atomic E-state index is 12.1. The highest BCUT2D eigenvalue weighted by Gasteiger charge is 2.19. The molecule has 2 amide bonds. The number of benzene rings is 2. The molecule has 0 unspecified atom stereocenters. The molecule has 0 heterocycles. The molecule has 0 aliphatic carbocycles. The van der Waals surface area contributed by atoms with E-state index in [1.807, 2.05) is 0 Å². The Balaban J connectivity index is 1.69. The molecule has 2 aromatic carbocycles. The van der Waals surface area contributed by atoms with Crippen molar-refractivity contribution in [3.8, 4) is 0 Å². The SMILES string of the molecule is CC(=O)Nc1ccc(C(=O)NCCOCCNc2ccc([N+](=O)[O-])cc2[N+](=O)[O-])cc1. The normalized spacial score (nSPS) is 10.2. The van der Waals surface area contributed by atoms with Gasteiger partial charge < -0.3 is 20.7 Å². The van der Waals surface area contributed by atoms with Gasteiger partial charge in [0.25, 0.3) is 17.3 Å². The maximum Gasteiger partial charge on any atom is 0.299 e. The number of carbonyl (C=O) groups excluding carboxylic acids is 2. The van der Waals surface area contributed by atoms with Crippen LogP contribution in [0.3, 0.4) is 0 Å². The lowest BCUT2D eigenvalue weighted by atomic mass is 10.2. The van der Waals surface area contributed by atoms with Gasteiger partial charge in [-0.3, -0.25) is 29.8 Å². The summed E-state index contributed by atoms with van der Waals surface area (Å²) in [5.74, 6) is -0.496. The fourth-order valence-corrected chi connectivity index (χ4v) is 2.54. The summed E-state index contributed by atoms with van der Waals surface area (Å²) in [6.45, 7) is 2.31. The summed E-state index contributed by atoms with van der Waals surface area (Å²) >= 11 is 0.